The molecule has 0 spiro atoms. The van der Waals surface area contributed by atoms with Gasteiger partial charge in [0.15, 0.2) is 5.82 Å². The number of aromatic nitrogens is 1. The molecule has 0 radical (unpaired) electrons. The SMILES string of the molecule is O=C(Nc1cccnc1N1CCCC1)c1ccc(NS(=O)(=O)c2ccc(F)c(Cl)c2)cc1. The smallest absolute Gasteiger partial charge is 0.261 e. The third-order valence-electron chi connectivity index (χ3n) is 5.04. The first-order chi connectivity index (χ1) is 15.3. The summed E-state index contributed by atoms with van der Waals surface area (Å²) in [5, 5.41) is 2.59. The third-order valence-corrected chi connectivity index (χ3v) is 6.71. The van der Waals surface area contributed by atoms with Crippen LogP contribution in [-0.4, -0.2) is 32.4 Å². The number of hydrogen-bond donors (Lipinski definition) is 2. The van der Waals surface area contributed by atoms with Gasteiger partial charge in [-0.3, -0.25) is 9.52 Å². The van der Waals surface area contributed by atoms with E-state index in [1.165, 1.54) is 24.3 Å². The van der Waals surface area contributed by atoms with Gasteiger partial charge in [-0.2, -0.15) is 0 Å². The molecule has 2 heterocycles. The lowest BCUT2D eigenvalue weighted by Gasteiger charge is -2.20. The number of nitrogens with zero attached hydrogens (tertiary/aromatic N) is 2. The van der Waals surface area contributed by atoms with Crippen LogP contribution in [0.3, 0.4) is 0 Å². The molecule has 1 saturated heterocycles. The Morgan fingerprint density at radius 1 is 1.06 bits per heavy atom. The Balaban J connectivity index is 1.47. The molecular weight excluding hydrogens is 455 g/mol. The summed E-state index contributed by atoms with van der Waals surface area (Å²) in [5.74, 6) is -0.304. The van der Waals surface area contributed by atoms with E-state index in [0.29, 0.717) is 11.3 Å². The fraction of sp³-hybridized carbons (Fsp3) is 0.182. The lowest BCUT2D eigenvalue weighted by molar-refractivity contribution is 0.102. The maximum atomic E-state index is 13.3. The van der Waals surface area contributed by atoms with Gasteiger partial charge in [-0.15, -0.1) is 0 Å². The zero-order valence-corrected chi connectivity index (χ0v) is 18.5. The number of nitrogens with one attached hydrogen (secondary N) is 2. The number of sulfonamides is 1. The van der Waals surface area contributed by atoms with Gasteiger partial charge in [0.2, 0.25) is 0 Å². The van der Waals surface area contributed by atoms with Gasteiger partial charge in [0.05, 0.1) is 15.6 Å². The second-order valence-corrected chi connectivity index (χ2v) is 9.37. The third kappa shape index (κ3) is 4.84. The molecule has 10 heteroatoms. The van der Waals surface area contributed by atoms with Crippen LogP contribution in [0.4, 0.5) is 21.6 Å². The molecule has 1 amide bonds. The number of halogens is 2. The van der Waals surface area contributed by atoms with Crippen LogP contribution in [0.15, 0.2) is 65.7 Å². The Morgan fingerprint density at radius 3 is 2.47 bits per heavy atom. The molecule has 0 aliphatic carbocycles. The second-order valence-electron chi connectivity index (χ2n) is 7.28. The topological polar surface area (TPSA) is 91.4 Å². The number of rotatable bonds is 6. The van der Waals surface area contributed by atoms with E-state index in [1.807, 2.05) is 0 Å². The van der Waals surface area contributed by atoms with Crippen molar-refractivity contribution in [3.63, 3.8) is 0 Å². The number of carbonyl (C=O) groups is 1. The monoisotopic (exact) mass is 474 g/mol. The molecule has 2 aromatic carbocycles. The molecule has 1 aliphatic rings. The van der Waals surface area contributed by atoms with E-state index in [9.17, 15) is 17.6 Å². The first-order valence-electron chi connectivity index (χ1n) is 9.93. The molecule has 4 rings (SSSR count). The predicted octanol–water partition coefficient (Wildman–Crippen LogP) is 4.53. The Labute approximate surface area is 190 Å². The molecule has 2 N–H and O–H groups in total. The number of benzene rings is 2. The van der Waals surface area contributed by atoms with Crippen molar-refractivity contribution in [1.82, 2.24) is 4.98 Å². The maximum Gasteiger partial charge on any atom is 0.261 e. The van der Waals surface area contributed by atoms with E-state index in [2.05, 4.69) is 19.9 Å². The van der Waals surface area contributed by atoms with Gasteiger partial charge in [0.25, 0.3) is 15.9 Å². The van der Waals surface area contributed by atoms with Crippen molar-refractivity contribution in [3.05, 3.63) is 77.2 Å². The van der Waals surface area contributed by atoms with Crippen molar-refractivity contribution in [2.24, 2.45) is 0 Å². The standard InChI is InChI=1S/C22H20ClFN4O3S/c23-18-14-17(9-10-19(18)24)32(30,31)27-16-7-5-15(6-8-16)22(29)26-20-4-3-11-25-21(20)28-12-1-2-13-28/h3-11,14,27H,1-2,12-13H2,(H,26,29). The van der Waals surface area contributed by atoms with Crippen molar-refractivity contribution in [3.8, 4) is 0 Å². The first-order valence-corrected chi connectivity index (χ1v) is 11.8. The predicted molar refractivity (Wildman–Crippen MR) is 122 cm³/mol. The van der Waals surface area contributed by atoms with Gasteiger partial charge >= 0.3 is 0 Å². The first kappa shape index (κ1) is 22.0. The number of amides is 1. The fourth-order valence-corrected chi connectivity index (χ4v) is 4.75. The minimum Gasteiger partial charge on any atom is -0.355 e. The molecule has 7 nitrogen and oxygen atoms in total. The summed E-state index contributed by atoms with van der Waals surface area (Å²) >= 11 is 5.68. The minimum absolute atomic E-state index is 0.170. The van der Waals surface area contributed by atoms with Crippen molar-refractivity contribution < 1.29 is 17.6 Å². The molecule has 0 saturated carbocycles. The highest BCUT2D eigenvalue weighted by Gasteiger charge is 2.19. The Bertz CT molecular complexity index is 1250. The lowest BCUT2D eigenvalue weighted by atomic mass is 10.2. The van der Waals surface area contributed by atoms with Crippen molar-refractivity contribution >= 4 is 44.7 Å². The fourth-order valence-electron chi connectivity index (χ4n) is 3.42. The highest BCUT2D eigenvalue weighted by Crippen LogP contribution is 2.27. The summed E-state index contributed by atoms with van der Waals surface area (Å²) in [6.45, 7) is 1.79. The molecule has 1 aromatic heterocycles. The van der Waals surface area contributed by atoms with Crippen LogP contribution in [0.25, 0.3) is 0 Å². The lowest BCUT2D eigenvalue weighted by Crippen LogP contribution is -2.22. The molecular formula is C22H20ClFN4O3S. The van der Waals surface area contributed by atoms with E-state index in [4.69, 9.17) is 11.6 Å². The van der Waals surface area contributed by atoms with Gasteiger partial charge in [0.1, 0.15) is 5.82 Å². The van der Waals surface area contributed by atoms with Gasteiger partial charge in [-0.1, -0.05) is 11.6 Å². The zero-order valence-electron chi connectivity index (χ0n) is 16.9. The van der Waals surface area contributed by atoms with Crippen LogP contribution in [0.1, 0.15) is 23.2 Å². The molecule has 32 heavy (non-hydrogen) atoms. The van der Waals surface area contributed by atoms with Gasteiger partial charge in [-0.05, 0) is 67.4 Å². The number of hydrogen-bond acceptors (Lipinski definition) is 5. The highest BCUT2D eigenvalue weighted by atomic mass is 35.5. The number of pyridine rings is 1. The summed E-state index contributed by atoms with van der Waals surface area (Å²) in [7, 11) is -3.96. The Hall–Kier alpha value is -3.17. The summed E-state index contributed by atoms with van der Waals surface area (Å²) in [6, 6.07) is 12.7. The number of carbonyl (C=O) groups excluding carboxylic acids is 1. The van der Waals surface area contributed by atoms with Crippen molar-refractivity contribution in [2.45, 2.75) is 17.7 Å². The largest absolute Gasteiger partial charge is 0.355 e. The van der Waals surface area contributed by atoms with Crippen LogP contribution < -0.4 is 14.9 Å². The van der Waals surface area contributed by atoms with E-state index in [0.717, 1.165) is 49.9 Å². The molecule has 0 bridgehead atoms. The van der Waals surface area contributed by atoms with E-state index < -0.39 is 15.8 Å². The summed E-state index contributed by atoms with van der Waals surface area (Å²) in [4.78, 5) is 19.1. The van der Waals surface area contributed by atoms with E-state index in [1.54, 1.807) is 18.3 Å². The van der Waals surface area contributed by atoms with E-state index >= 15 is 0 Å². The van der Waals surface area contributed by atoms with Gasteiger partial charge in [-0.25, -0.2) is 17.8 Å². The highest BCUT2D eigenvalue weighted by molar-refractivity contribution is 7.92. The Kier molecular flexibility index (Phi) is 6.29. The van der Waals surface area contributed by atoms with Gasteiger partial charge in [0, 0.05) is 30.5 Å². The molecule has 0 unspecified atom stereocenters. The van der Waals surface area contributed by atoms with Crippen molar-refractivity contribution in [2.75, 3.05) is 28.0 Å². The normalized spacial score (nSPS) is 13.8. The van der Waals surface area contributed by atoms with E-state index in [-0.39, 0.29) is 21.5 Å². The summed E-state index contributed by atoms with van der Waals surface area (Å²) in [5.41, 5.74) is 1.23. The minimum atomic E-state index is -3.96. The molecule has 1 aliphatic heterocycles. The second kappa shape index (κ2) is 9.13. The summed E-state index contributed by atoms with van der Waals surface area (Å²) in [6.07, 6.45) is 3.87. The summed E-state index contributed by atoms with van der Waals surface area (Å²) < 4.78 is 40.7. The maximum absolute atomic E-state index is 13.3. The quantitative estimate of drug-likeness (QED) is 0.547. The van der Waals surface area contributed by atoms with Gasteiger partial charge < -0.3 is 10.2 Å². The van der Waals surface area contributed by atoms with Crippen LogP contribution in [0.5, 0.6) is 0 Å². The average molecular weight is 475 g/mol. The van der Waals surface area contributed by atoms with Crippen LogP contribution >= 0.6 is 11.6 Å². The molecule has 3 aromatic rings. The van der Waals surface area contributed by atoms with Crippen LogP contribution in [0.2, 0.25) is 5.02 Å². The van der Waals surface area contributed by atoms with Crippen molar-refractivity contribution in [1.29, 1.82) is 0 Å². The zero-order chi connectivity index (χ0) is 22.7. The van der Waals surface area contributed by atoms with Crippen LogP contribution in [-0.2, 0) is 10.0 Å². The average Bonchev–Trinajstić information content (AvgIpc) is 3.31. The molecule has 166 valence electrons. The molecule has 0 atom stereocenters. The number of anilines is 3. The molecule has 1 fully saturated rings. The Morgan fingerprint density at radius 2 is 1.78 bits per heavy atom. The van der Waals surface area contributed by atoms with Crippen LogP contribution in [0, 0.1) is 5.82 Å².